The van der Waals surface area contributed by atoms with E-state index in [0.29, 0.717) is 29.2 Å². The number of rotatable bonds is 7. The van der Waals surface area contributed by atoms with Crippen molar-refractivity contribution in [3.8, 4) is 5.75 Å². The molecule has 0 atom stereocenters. The summed E-state index contributed by atoms with van der Waals surface area (Å²) in [5, 5.41) is 13.6. The van der Waals surface area contributed by atoms with Gasteiger partial charge in [0.1, 0.15) is 12.3 Å². The first kappa shape index (κ1) is 22.5. The topological polar surface area (TPSA) is 125 Å². The predicted octanol–water partition coefficient (Wildman–Crippen LogP) is 2.68. The van der Waals surface area contributed by atoms with Crippen molar-refractivity contribution in [3.63, 3.8) is 0 Å². The van der Waals surface area contributed by atoms with Gasteiger partial charge < -0.3 is 25.4 Å². The second-order valence-corrected chi connectivity index (χ2v) is 7.54. The lowest BCUT2D eigenvalue weighted by Gasteiger charge is -2.29. The Labute approximate surface area is 195 Å². The molecule has 3 amide bonds. The van der Waals surface area contributed by atoms with E-state index in [4.69, 9.17) is 9.84 Å². The quantitative estimate of drug-likeness (QED) is 0.499. The van der Waals surface area contributed by atoms with E-state index in [9.17, 15) is 19.2 Å². The fraction of sp³-hybridized carbons (Fsp3) is 0.120. The number of hydrogen-bond acceptors (Lipinski definition) is 5. The number of nitrogens with one attached hydrogen (secondary N) is 2. The van der Waals surface area contributed by atoms with E-state index in [-0.39, 0.29) is 24.0 Å². The second-order valence-electron chi connectivity index (χ2n) is 7.54. The molecule has 0 aromatic heterocycles. The summed E-state index contributed by atoms with van der Waals surface area (Å²) in [6.07, 6.45) is 0. The third-order valence-corrected chi connectivity index (χ3v) is 5.17. The predicted molar refractivity (Wildman–Crippen MR) is 124 cm³/mol. The highest BCUT2D eigenvalue weighted by molar-refractivity contribution is 6.04. The van der Waals surface area contributed by atoms with Gasteiger partial charge in [-0.2, -0.15) is 0 Å². The van der Waals surface area contributed by atoms with Crippen molar-refractivity contribution >= 4 is 35.1 Å². The molecule has 0 fully saturated rings. The van der Waals surface area contributed by atoms with Crippen LogP contribution in [0.3, 0.4) is 0 Å². The van der Waals surface area contributed by atoms with Crippen molar-refractivity contribution in [2.75, 3.05) is 23.4 Å². The number of carbonyl (C=O) groups is 4. The molecule has 9 nitrogen and oxygen atoms in total. The van der Waals surface area contributed by atoms with Crippen molar-refractivity contribution in [1.29, 1.82) is 0 Å². The highest BCUT2D eigenvalue weighted by Crippen LogP contribution is 2.32. The molecule has 0 bridgehead atoms. The Morgan fingerprint density at radius 1 is 0.882 bits per heavy atom. The number of fused-ring (bicyclic) bond motifs is 1. The molecular weight excluding hydrogens is 438 g/mol. The van der Waals surface area contributed by atoms with Gasteiger partial charge in [0, 0.05) is 16.8 Å². The molecule has 0 spiro atoms. The third kappa shape index (κ3) is 5.21. The average Bonchev–Trinajstić information content (AvgIpc) is 2.85. The number of hydrogen-bond donors (Lipinski definition) is 3. The van der Waals surface area contributed by atoms with Crippen LogP contribution in [-0.4, -0.2) is 41.9 Å². The van der Waals surface area contributed by atoms with Gasteiger partial charge in [-0.15, -0.1) is 0 Å². The van der Waals surface area contributed by atoms with Crippen molar-refractivity contribution in [2.45, 2.75) is 6.54 Å². The normalized spacial score (nSPS) is 12.4. The van der Waals surface area contributed by atoms with Gasteiger partial charge in [-0.25, -0.2) is 0 Å². The van der Waals surface area contributed by atoms with Crippen LogP contribution in [-0.2, 0) is 16.1 Å². The van der Waals surface area contributed by atoms with Crippen LogP contribution >= 0.6 is 0 Å². The molecule has 9 heteroatoms. The largest absolute Gasteiger partial charge is 0.482 e. The lowest BCUT2D eigenvalue weighted by molar-refractivity contribution is -0.135. The minimum absolute atomic E-state index is 0.0164. The summed E-state index contributed by atoms with van der Waals surface area (Å²) >= 11 is 0. The van der Waals surface area contributed by atoms with Gasteiger partial charge in [0.15, 0.2) is 6.61 Å². The molecule has 1 aliphatic rings. The SMILES string of the molecule is O=C(O)CNC(=O)c1ccc(NC(=O)c2ccc(CN3C(=O)COc4ccccc43)cc2)cc1. The highest BCUT2D eigenvalue weighted by atomic mass is 16.5. The van der Waals surface area contributed by atoms with Crippen molar-refractivity contribution < 1.29 is 29.0 Å². The van der Waals surface area contributed by atoms with Crippen LogP contribution in [0.2, 0.25) is 0 Å². The minimum Gasteiger partial charge on any atom is -0.482 e. The van der Waals surface area contributed by atoms with E-state index in [0.717, 1.165) is 5.56 Å². The highest BCUT2D eigenvalue weighted by Gasteiger charge is 2.25. The number of ether oxygens (including phenoxy) is 1. The third-order valence-electron chi connectivity index (χ3n) is 5.17. The lowest BCUT2D eigenvalue weighted by atomic mass is 10.1. The molecule has 1 heterocycles. The number of amides is 3. The average molecular weight is 459 g/mol. The fourth-order valence-electron chi connectivity index (χ4n) is 3.44. The van der Waals surface area contributed by atoms with Gasteiger partial charge in [-0.3, -0.25) is 19.2 Å². The summed E-state index contributed by atoms with van der Waals surface area (Å²) in [5.74, 6) is -1.46. The number of benzene rings is 3. The first-order valence-electron chi connectivity index (χ1n) is 10.4. The number of carbonyl (C=O) groups excluding carboxylic acids is 3. The maximum atomic E-state index is 12.6. The van der Waals surface area contributed by atoms with E-state index in [1.807, 2.05) is 24.3 Å². The van der Waals surface area contributed by atoms with E-state index in [1.54, 1.807) is 41.3 Å². The van der Waals surface area contributed by atoms with Crippen LogP contribution < -0.4 is 20.3 Å². The second kappa shape index (κ2) is 9.86. The number of anilines is 2. The Morgan fingerprint density at radius 2 is 1.53 bits per heavy atom. The zero-order valence-corrected chi connectivity index (χ0v) is 18.0. The maximum absolute atomic E-state index is 12.6. The Kier molecular flexibility index (Phi) is 6.54. The van der Waals surface area contributed by atoms with Crippen LogP contribution in [0, 0.1) is 0 Å². The van der Waals surface area contributed by atoms with Crippen LogP contribution in [0.4, 0.5) is 11.4 Å². The van der Waals surface area contributed by atoms with Gasteiger partial charge in [0.25, 0.3) is 17.7 Å². The summed E-state index contributed by atoms with van der Waals surface area (Å²) in [7, 11) is 0. The van der Waals surface area contributed by atoms with Crippen molar-refractivity contribution in [1.82, 2.24) is 5.32 Å². The summed E-state index contributed by atoms with van der Waals surface area (Å²) in [4.78, 5) is 49.0. The van der Waals surface area contributed by atoms with E-state index < -0.39 is 18.4 Å². The summed E-state index contributed by atoms with van der Waals surface area (Å²) in [6.45, 7) is -0.135. The van der Waals surface area contributed by atoms with Crippen LogP contribution in [0.1, 0.15) is 26.3 Å². The summed E-state index contributed by atoms with van der Waals surface area (Å²) < 4.78 is 5.46. The molecule has 1 aliphatic heterocycles. The van der Waals surface area contributed by atoms with E-state index >= 15 is 0 Å². The monoisotopic (exact) mass is 459 g/mol. The van der Waals surface area contributed by atoms with E-state index in [1.165, 1.54) is 12.1 Å². The number of carboxylic acid groups (broad SMARTS) is 1. The Bertz CT molecular complexity index is 1240. The Morgan fingerprint density at radius 3 is 2.24 bits per heavy atom. The smallest absolute Gasteiger partial charge is 0.322 e. The molecule has 0 unspecified atom stereocenters. The molecule has 3 aromatic rings. The lowest BCUT2D eigenvalue weighted by Crippen LogP contribution is -2.38. The molecule has 4 rings (SSSR count). The van der Waals surface area contributed by atoms with Gasteiger partial charge in [-0.1, -0.05) is 24.3 Å². The Hall–Kier alpha value is -4.66. The molecule has 172 valence electrons. The number of nitrogens with zero attached hydrogens (tertiary/aromatic N) is 1. The standard InChI is InChI=1S/C25H21N3O6/c29-22-15-34-21-4-2-1-3-20(21)28(22)14-16-5-7-18(8-6-16)25(33)27-19-11-9-17(10-12-19)24(32)26-13-23(30)31/h1-12H,13-15H2,(H,26,32)(H,27,33)(H,30,31). The number of aliphatic carboxylic acids is 1. The molecule has 0 aliphatic carbocycles. The van der Waals surface area contributed by atoms with Crippen LogP contribution in [0.15, 0.2) is 72.8 Å². The molecule has 3 aromatic carbocycles. The van der Waals surface area contributed by atoms with Crippen LogP contribution in [0.5, 0.6) is 5.75 Å². The molecule has 3 N–H and O–H groups in total. The van der Waals surface area contributed by atoms with E-state index in [2.05, 4.69) is 10.6 Å². The summed E-state index contributed by atoms with van der Waals surface area (Å²) in [6, 6.07) is 20.4. The molecular formula is C25H21N3O6. The Balaban J connectivity index is 1.38. The van der Waals surface area contributed by atoms with Gasteiger partial charge in [-0.05, 0) is 54.1 Å². The maximum Gasteiger partial charge on any atom is 0.322 e. The van der Waals surface area contributed by atoms with Gasteiger partial charge in [0.05, 0.1) is 12.2 Å². The number of para-hydroxylation sites is 2. The zero-order chi connectivity index (χ0) is 24.1. The fourth-order valence-corrected chi connectivity index (χ4v) is 3.44. The molecule has 34 heavy (non-hydrogen) atoms. The summed E-state index contributed by atoms with van der Waals surface area (Å²) in [5.41, 5.74) is 2.77. The van der Waals surface area contributed by atoms with Gasteiger partial charge >= 0.3 is 5.97 Å². The van der Waals surface area contributed by atoms with Crippen LogP contribution in [0.25, 0.3) is 0 Å². The molecule has 0 saturated heterocycles. The number of carboxylic acids is 1. The first-order valence-corrected chi connectivity index (χ1v) is 10.4. The zero-order valence-electron chi connectivity index (χ0n) is 18.0. The van der Waals surface area contributed by atoms with Gasteiger partial charge in [0.2, 0.25) is 0 Å². The van der Waals surface area contributed by atoms with Crippen molar-refractivity contribution in [3.05, 3.63) is 89.5 Å². The molecule has 0 radical (unpaired) electrons. The minimum atomic E-state index is -1.13. The molecule has 0 saturated carbocycles. The first-order chi connectivity index (χ1) is 16.4. The van der Waals surface area contributed by atoms with Crippen molar-refractivity contribution in [2.24, 2.45) is 0 Å².